The number of carbonyl (C=O) groups excluding carboxylic acids is 1. The van der Waals surface area contributed by atoms with Crippen LogP contribution in [0.4, 0.5) is 19.3 Å². The first kappa shape index (κ1) is 17.6. The van der Waals surface area contributed by atoms with Crippen LogP contribution in [0, 0.1) is 11.6 Å². The van der Waals surface area contributed by atoms with Crippen LogP contribution in [0.5, 0.6) is 0 Å². The Bertz CT molecular complexity index is 746. The van der Waals surface area contributed by atoms with Crippen LogP contribution in [0.2, 0.25) is 5.02 Å². The van der Waals surface area contributed by atoms with Crippen LogP contribution in [0.1, 0.15) is 5.56 Å². The molecule has 7 heteroatoms. The number of urea groups is 1. The first-order chi connectivity index (χ1) is 12.0. The minimum absolute atomic E-state index is 0.0260. The molecule has 2 aromatic carbocycles. The lowest BCUT2D eigenvalue weighted by molar-refractivity contribution is 0.143. The third-order valence-corrected chi connectivity index (χ3v) is 4.44. The van der Waals surface area contributed by atoms with E-state index in [0.717, 1.165) is 25.2 Å². The van der Waals surface area contributed by atoms with E-state index in [4.69, 9.17) is 11.6 Å². The molecule has 1 saturated heterocycles. The minimum atomic E-state index is -0.519. The van der Waals surface area contributed by atoms with Crippen molar-refractivity contribution in [2.75, 3.05) is 31.5 Å². The van der Waals surface area contributed by atoms with Gasteiger partial charge in [0.05, 0.1) is 5.02 Å². The number of nitrogens with zero attached hydrogens (tertiary/aromatic N) is 2. The summed E-state index contributed by atoms with van der Waals surface area (Å²) in [4.78, 5) is 16.2. The number of piperazine rings is 1. The predicted octanol–water partition coefficient (Wildman–Crippen LogP) is 3.97. The topological polar surface area (TPSA) is 35.6 Å². The van der Waals surface area contributed by atoms with Crippen molar-refractivity contribution in [3.05, 3.63) is 64.7 Å². The fourth-order valence-electron chi connectivity index (χ4n) is 2.73. The molecule has 132 valence electrons. The van der Waals surface area contributed by atoms with Gasteiger partial charge in [0.1, 0.15) is 11.6 Å². The maximum atomic E-state index is 13.2. The maximum Gasteiger partial charge on any atom is 0.321 e. The number of benzene rings is 2. The van der Waals surface area contributed by atoms with Crippen molar-refractivity contribution in [2.24, 2.45) is 0 Å². The van der Waals surface area contributed by atoms with E-state index in [-0.39, 0.29) is 16.9 Å². The number of hydrogen-bond acceptors (Lipinski definition) is 2. The zero-order valence-corrected chi connectivity index (χ0v) is 14.3. The quantitative estimate of drug-likeness (QED) is 0.893. The molecular formula is C18H18ClF2N3O. The number of hydrogen-bond donors (Lipinski definition) is 1. The lowest BCUT2D eigenvalue weighted by atomic mass is 10.2. The summed E-state index contributed by atoms with van der Waals surface area (Å²) in [6.07, 6.45) is 0. The Morgan fingerprint density at radius 3 is 2.36 bits per heavy atom. The van der Waals surface area contributed by atoms with Gasteiger partial charge >= 0.3 is 6.03 Å². The second-order valence-electron chi connectivity index (χ2n) is 5.95. The first-order valence-electron chi connectivity index (χ1n) is 7.99. The van der Waals surface area contributed by atoms with Gasteiger partial charge in [0, 0.05) is 38.4 Å². The van der Waals surface area contributed by atoms with E-state index in [9.17, 15) is 13.6 Å². The molecule has 1 aliphatic rings. The van der Waals surface area contributed by atoms with Gasteiger partial charge in [-0.2, -0.15) is 0 Å². The zero-order valence-electron chi connectivity index (χ0n) is 13.5. The lowest BCUT2D eigenvalue weighted by Gasteiger charge is -2.34. The first-order valence-corrected chi connectivity index (χ1v) is 8.37. The summed E-state index contributed by atoms with van der Waals surface area (Å²) >= 11 is 5.72. The summed E-state index contributed by atoms with van der Waals surface area (Å²) in [5.41, 5.74) is 1.50. The highest BCUT2D eigenvalue weighted by molar-refractivity contribution is 6.31. The third kappa shape index (κ3) is 4.67. The van der Waals surface area contributed by atoms with Crippen LogP contribution >= 0.6 is 11.6 Å². The summed E-state index contributed by atoms with van der Waals surface area (Å²) in [5.74, 6) is -0.764. The number of carbonyl (C=O) groups is 1. The summed E-state index contributed by atoms with van der Waals surface area (Å²) in [6, 6.07) is 10.3. The van der Waals surface area contributed by atoms with E-state index >= 15 is 0 Å². The molecule has 25 heavy (non-hydrogen) atoms. The molecule has 4 nitrogen and oxygen atoms in total. The van der Waals surface area contributed by atoms with E-state index in [0.29, 0.717) is 18.8 Å². The lowest BCUT2D eigenvalue weighted by Crippen LogP contribution is -2.49. The Hall–Kier alpha value is -2.18. The Morgan fingerprint density at radius 2 is 1.72 bits per heavy atom. The second kappa shape index (κ2) is 7.80. The van der Waals surface area contributed by atoms with Crippen LogP contribution in [0.3, 0.4) is 0 Å². The Kier molecular flexibility index (Phi) is 5.50. The molecule has 1 N–H and O–H groups in total. The van der Waals surface area contributed by atoms with Gasteiger partial charge in [-0.25, -0.2) is 13.6 Å². The normalized spacial score (nSPS) is 15.2. The van der Waals surface area contributed by atoms with Crippen LogP contribution in [-0.4, -0.2) is 42.0 Å². The largest absolute Gasteiger partial charge is 0.322 e. The van der Waals surface area contributed by atoms with Crippen molar-refractivity contribution < 1.29 is 13.6 Å². The summed E-state index contributed by atoms with van der Waals surface area (Å²) in [6.45, 7) is 3.36. The number of rotatable bonds is 3. The molecule has 0 saturated carbocycles. The summed E-state index contributed by atoms with van der Waals surface area (Å²) in [5, 5.41) is 2.70. The molecular weight excluding hydrogens is 348 g/mol. The van der Waals surface area contributed by atoms with Gasteiger partial charge in [-0.1, -0.05) is 23.7 Å². The molecule has 1 aliphatic heterocycles. The van der Waals surface area contributed by atoms with Gasteiger partial charge in [-0.15, -0.1) is 0 Å². The summed E-state index contributed by atoms with van der Waals surface area (Å²) < 4.78 is 26.1. The maximum absolute atomic E-state index is 13.2. The van der Waals surface area contributed by atoms with Crippen LogP contribution in [0.25, 0.3) is 0 Å². The summed E-state index contributed by atoms with van der Waals surface area (Å²) in [7, 11) is 0. The number of amides is 2. The highest BCUT2D eigenvalue weighted by Crippen LogP contribution is 2.20. The molecule has 2 amide bonds. The fourth-order valence-corrected chi connectivity index (χ4v) is 2.91. The zero-order chi connectivity index (χ0) is 17.8. The molecule has 0 radical (unpaired) electrons. The van der Waals surface area contributed by atoms with Crippen LogP contribution in [-0.2, 0) is 6.54 Å². The monoisotopic (exact) mass is 365 g/mol. The minimum Gasteiger partial charge on any atom is -0.322 e. The Labute approximate surface area is 150 Å². The van der Waals surface area contributed by atoms with Gasteiger partial charge in [0.2, 0.25) is 0 Å². The van der Waals surface area contributed by atoms with Crippen molar-refractivity contribution >= 4 is 23.3 Å². The van der Waals surface area contributed by atoms with Gasteiger partial charge < -0.3 is 10.2 Å². The van der Waals surface area contributed by atoms with Crippen molar-refractivity contribution in [3.8, 4) is 0 Å². The smallest absolute Gasteiger partial charge is 0.321 e. The van der Waals surface area contributed by atoms with E-state index in [1.54, 1.807) is 17.0 Å². The standard InChI is InChI=1S/C18H18ClF2N3O/c19-16-11-15(5-6-17(16)21)22-18(25)24-9-7-23(8-10-24)12-13-1-3-14(20)4-2-13/h1-6,11H,7-10,12H2,(H,22,25). The van der Waals surface area contributed by atoms with E-state index in [2.05, 4.69) is 10.2 Å². The molecule has 0 spiro atoms. The van der Waals surface area contributed by atoms with Gasteiger partial charge in [0.15, 0.2) is 0 Å². The molecule has 0 atom stereocenters. The highest BCUT2D eigenvalue weighted by atomic mass is 35.5. The van der Waals surface area contributed by atoms with Crippen molar-refractivity contribution in [1.29, 1.82) is 0 Å². The predicted molar refractivity (Wildman–Crippen MR) is 93.7 cm³/mol. The average molecular weight is 366 g/mol. The van der Waals surface area contributed by atoms with E-state index in [1.165, 1.54) is 30.3 Å². The molecule has 3 rings (SSSR count). The molecule has 0 aliphatic carbocycles. The number of halogens is 3. The SMILES string of the molecule is O=C(Nc1ccc(F)c(Cl)c1)N1CCN(Cc2ccc(F)cc2)CC1. The molecule has 2 aromatic rings. The molecule has 1 heterocycles. The molecule has 0 bridgehead atoms. The van der Waals surface area contributed by atoms with Crippen molar-refractivity contribution in [3.63, 3.8) is 0 Å². The Balaban J connectivity index is 1.50. The highest BCUT2D eigenvalue weighted by Gasteiger charge is 2.21. The number of nitrogens with one attached hydrogen (secondary N) is 1. The molecule has 0 aromatic heterocycles. The molecule has 0 unspecified atom stereocenters. The average Bonchev–Trinajstić information content (AvgIpc) is 2.61. The van der Waals surface area contributed by atoms with Gasteiger partial charge in [-0.05, 0) is 35.9 Å². The third-order valence-electron chi connectivity index (χ3n) is 4.15. The Morgan fingerprint density at radius 1 is 1.04 bits per heavy atom. The number of anilines is 1. The van der Waals surface area contributed by atoms with Gasteiger partial charge in [0.25, 0.3) is 0 Å². The van der Waals surface area contributed by atoms with E-state index in [1.807, 2.05) is 0 Å². The fraction of sp³-hybridized carbons (Fsp3) is 0.278. The van der Waals surface area contributed by atoms with Gasteiger partial charge in [-0.3, -0.25) is 4.90 Å². The van der Waals surface area contributed by atoms with E-state index < -0.39 is 5.82 Å². The van der Waals surface area contributed by atoms with Crippen LogP contribution in [0.15, 0.2) is 42.5 Å². The van der Waals surface area contributed by atoms with Crippen molar-refractivity contribution in [1.82, 2.24) is 9.80 Å². The second-order valence-corrected chi connectivity index (χ2v) is 6.36. The van der Waals surface area contributed by atoms with Crippen molar-refractivity contribution in [2.45, 2.75) is 6.54 Å². The van der Waals surface area contributed by atoms with Crippen LogP contribution < -0.4 is 5.32 Å². The molecule has 1 fully saturated rings.